The van der Waals surface area contributed by atoms with Crippen molar-refractivity contribution < 1.29 is 4.79 Å². The number of halogens is 2. The monoisotopic (exact) mass is 245 g/mol. The summed E-state index contributed by atoms with van der Waals surface area (Å²) in [6.07, 6.45) is 0. The summed E-state index contributed by atoms with van der Waals surface area (Å²) in [6.45, 7) is 1.15. The zero-order valence-electron chi connectivity index (χ0n) is 7.76. The predicted molar refractivity (Wildman–Crippen MR) is 61.6 cm³/mol. The molecule has 1 aliphatic rings. The second-order valence-corrected chi connectivity index (χ2v) is 4.03. The summed E-state index contributed by atoms with van der Waals surface area (Å²) in [5, 5.41) is 3.45. The highest BCUT2D eigenvalue weighted by Crippen LogP contribution is 2.36. The fraction of sp³-hybridized carbons (Fsp3) is 0.222. The van der Waals surface area contributed by atoms with Gasteiger partial charge in [-0.15, -0.1) is 0 Å². The predicted octanol–water partition coefficient (Wildman–Crippen LogP) is 2.11. The minimum atomic E-state index is -0.191. The minimum absolute atomic E-state index is 0.191. The third kappa shape index (κ3) is 1.82. The van der Waals surface area contributed by atoms with Crippen LogP contribution in [0.15, 0.2) is 12.1 Å². The van der Waals surface area contributed by atoms with Gasteiger partial charge in [-0.1, -0.05) is 23.2 Å². The number of nitrogens with one attached hydrogen (secondary N) is 1. The molecule has 1 saturated heterocycles. The van der Waals surface area contributed by atoms with Gasteiger partial charge in [-0.25, -0.2) is 4.79 Å². The van der Waals surface area contributed by atoms with Gasteiger partial charge < -0.3 is 11.1 Å². The molecule has 0 unspecified atom stereocenters. The molecule has 0 spiro atoms. The van der Waals surface area contributed by atoms with Crippen LogP contribution >= 0.6 is 23.2 Å². The Bertz CT molecular complexity index is 399. The van der Waals surface area contributed by atoms with Crippen molar-refractivity contribution in [1.29, 1.82) is 0 Å². The number of amides is 2. The van der Waals surface area contributed by atoms with Crippen LogP contribution in [0.3, 0.4) is 0 Å². The summed E-state index contributed by atoms with van der Waals surface area (Å²) in [5.41, 5.74) is 6.57. The Kier molecular flexibility index (Phi) is 2.63. The number of carbonyl (C=O) groups is 1. The van der Waals surface area contributed by atoms with Crippen molar-refractivity contribution in [3.8, 4) is 0 Å². The number of anilines is 2. The second kappa shape index (κ2) is 3.79. The molecule has 0 aromatic heterocycles. The molecular weight excluding hydrogens is 237 g/mol. The van der Waals surface area contributed by atoms with Crippen molar-refractivity contribution >= 4 is 40.6 Å². The van der Waals surface area contributed by atoms with Gasteiger partial charge in [0.05, 0.1) is 15.7 Å². The molecule has 0 radical (unpaired) electrons. The molecule has 1 aromatic rings. The Morgan fingerprint density at radius 1 is 1.33 bits per heavy atom. The molecule has 1 aliphatic heterocycles. The highest BCUT2D eigenvalue weighted by molar-refractivity contribution is 6.40. The van der Waals surface area contributed by atoms with Crippen LogP contribution in [0, 0.1) is 0 Å². The SMILES string of the molecule is Nc1cc(Cl)c(N2CCNC2=O)c(Cl)c1. The Morgan fingerprint density at radius 3 is 2.40 bits per heavy atom. The van der Waals surface area contributed by atoms with Gasteiger partial charge >= 0.3 is 6.03 Å². The lowest BCUT2D eigenvalue weighted by molar-refractivity contribution is 0.252. The van der Waals surface area contributed by atoms with E-state index in [1.54, 1.807) is 12.1 Å². The normalized spacial score (nSPS) is 15.6. The van der Waals surface area contributed by atoms with E-state index < -0.39 is 0 Å². The van der Waals surface area contributed by atoms with E-state index in [2.05, 4.69) is 5.32 Å². The summed E-state index contributed by atoms with van der Waals surface area (Å²) >= 11 is 12.0. The average molecular weight is 246 g/mol. The third-order valence-electron chi connectivity index (χ3n) is 2.17. The number of hydrogen-bond acceptors (Lipinski definition) is 2. The van der Waals surface area contributed by atoms with Crippen LogP contribution < -0.4 is 16.0 Å². The van der Waals surface area contributed by atoms with Crippen LogP contribution in [-0.2, 0) is 0 Å². The molecular formula is C9H9Cl2N3O. The molecule has 1 aromatic carbocycles. The van der Waals surface area contributed by atoms with Crippen LogP contribution in [0.5, 0.6) is 0 Å². The molecule has 4 nitrogen and oxygen atoms in total. The molecule has 1 heterocycles. The first kappa shape index (κ1) is 10.4. The van der Waals surface area contributed by atoms with Crippen LogP contribution in [0.2, 0.25) is 10.0 Å². The van der Waals surface area contributed by atoms with Crippen LogP contribution in [0.4, 0.5) is 16.2 Å². The van der Waals surface area contributed by atoms with Gasteiger partial charge in [0.15, 0.2) is 0 Å². The standard InChI is InChI=1S/C9H9Cl2N3O/c10-6-3-5(12)4-7(11)8(6)14-2-1-13-9(14)15/h3-4H,1-2,12H2,(H,13,15). The van der Waals surface area contributed by atoms with Crippen molar-refractivity contribution in [3.05, 3.63) is 22.2 Å². The number of nitrogens with two attached hydrogens (primary N) is 1. The number of nitrogens with zero attached hydrogens (tertiary/aromatic N) is 1. The number of carbonyl (C=O) groups excluding carboxylic acids is 1. The average Bonchev–Trinajstić information content (AvgIpc) is 2.50. The molecule has 0 bridgehead atoms. The van der Waals surface area contributed by atoms with Crippen molar-refractivity contribution in [2.45, 2.75) is 0 Å². The molecule has 0 aliphatic carbocycles. The van der Waals surface area contributed by atoms with Gasteiger partial charge in [-0.3, -0.25) is 4.90 Å². The van der Waals surface area contributed by atoms with Crippen molar-refractivity contribution in [3.63, 3.8) is 0 Å². The van der Waals surface area contributed by atoms with Crippen LogP contribution in [0.25, 0.3) is 0 Å². The lowest BCUT2D eigenvalue weighted by Gasteiger charge is -2.17. The van der Waals surface area contributed by atoms with E-state index in [1.165, 1.54) is 4.90 Å². The largest absolute Gasteiger partial charge is 0.399 e. The Labute approximate surface area is 96.9 Å². The van der Waals surface area contributed by atoms with E-state index in [1.807, 2.05) is 0 Å². The molecule has 2 amide bonds. The molecule has 0 saturated carbocycles. The number of hydrogen-bond donors (Lipinski definition) is 2. The topological polar surface area (TPSA) is 58.4 Å². The molecule has 0 atom stereocenters. The summed E-state index contributed by atoms with van der Waals surface area (Å²) in [4.78, 5) is 12.9. The Morgan fingerprint density at radius 2 is 1.93 bits per heavy atom. The van der Waals surface area contributed by atoms with E-state index in [0.29, 0.717) is 34.5 Å². The molecule has 1 fully saturated rings. The Hall–Kier alpha value is -1.13. The lowest BCUT2D eigenvalue weighted by Crippen LogP contribution is -2.28. The Balaban J connectivity index is 2.47. The third-order valence-corrected chi connectivity index (χ3v) is 2.74. The highest BCUT2D eigenvalue weighted by Gasteiger charge is 2.25. The maximum atomic E-state index is 11.4. The fourth-order valence-electron chi connectivity index (χ4n) is 1.53. The summed E-state index contributed by atoms with van der Waals surface area (Å²) in [7, 11) is 0. The molecule has 2 rings (SSSR count). The maximum absolute atomic E-state index is 11.4. The maximum Gasteiger partial charge on any atom is 0.322 e. The van der Waals surface area contributed by atoms with Gasteiger partial charge in [0, 0.05) is 18.8 Å². The lowest BCUT2D eigenvalue weighted by atomic mass is 10.2. The smallest absolute Gasteiger partial charge is 0.322 e. The first-order valence-corrected chi connectivity index (χ1v) is 5.15. The fourth-order valence-corrected chi connectivity index (χ4v) is 2.24. The van der Waals surface area contributed by atoms with Crippen molar-refractivity contribution in [1.82, 2.24) is 5.32 Å². The van der Waals surface area contributed by atoms with E-state index in [-0.39, 0.29) is 6.03 Å². The minimum Gasteiger partial charge on any atom is -0.399 e. The molecule has 6 heteroatoms. The van der Waals surface area contributed by atoms with E-state index in [9.17, 15) is 4.79 Å². The van der Waals surface area contributed by atoms with E-state index in [0.717, 1.165) is 0 Å². The van der Waals surface area contributed by atoms with Gasteiger partial charge in [0.1, 0.15) is 0 Å². The van der Waals surface area contributed by atoms with E-state index in [4.69, 9.17) is 28.9 Å². The number of urea groups is 1. The summed E-state index contributed by atoms with van der Waals surface area (Å²) < 4.78 is 0. The van der Waals surface area contributed by atoms with E-state index >= 15 is 0 Å². The van der Waals surface area contributed by atoms with Gasteiger partial charge in [-0.2, -0.15) is 0 Å². The number of nitrogen functional groups attached to an aromatic ring is 1. The molecule has 15 heavy (non-hydrogen) atoms. The second-order valence-electron chi connectivity index (χ2n) is 3.22. The van der Waals surface area contributed by atoms with Gasteiger partial charge in [0.25, 0.3) is 0 Å². The van der Waals surface area contributed by atoms with Crippen LogP contribution in [-0.4, -0.2) is 19.1 Å². The first-order valence-electron chi connectivity index (χ1n) is 4.39. The first-order chi connectivity index (χ1) is 7.09. The van der Waals surface area contributed by atoms with Crippen LogP contribution in [0.1, 0.15) is 0 Å². The summed E-state index contributed by atoms with van der Waals surface area (Å²) in [6, 6.07) is 2.96. The molecule has 80 valence electrons. The van der Waals surface area contributed by atoms with Crippen molar-refractivity contribution in [2.24, 2.45) is 0 Å². The van der Waals surface area contributed by atoms with Gasteiger partial charge in [0.2, 0.25) is 0 Å². The quantitative estimate of drug-likeness (QED) is 0.745. The summed E-state index contributed by atoms with van der Waals surface area (Å²) in [5.74, 6) is 0. The van der Waals surface area contributed by atoms with Crippen molar-refractivity contribution in [2.75, 3.05) is 23.7 Å². The zero-order valence-corrected chi connectivity index (χ0v) is 9.27. The molecule has 3 N–H and O–H groups in total. The zero-order chi connectivity index (χ0) is 11.0. The highest BCUT2D eigenvalue weighted by atomic mass is 35.5. The number of rotatable bonds is 1. The number of benzene rings is 1. The van der Waals surface area contributed by atoms with Gasteiger partial charge in [-0.05, 0) is 12.1 Å².